The number of ether oxygens (including phenoxy) is 3. The first-order chi connectivity index (χ1) is 25.5. The van der Waals surface area contributed by atoms with E-state index in [4.69, 9.17) is 30.8 Å². The number of halogens is 2. The molecule has 11 nitrogen and oxygen atoms in total. The Morgan fingerprint density at radius 1 is 1.13 bits per heavy atom. The van der Waals surface area contributed by atoms with Crippen molar-refractivity contribution in [2.24, 2.45) is 7.05 Å². The van der Waals surface area contributed by atoms with Gasteiger partial charge in [0.1, 0.15) is 28.2 Å². The van der Waals surface area contributed by atoms with Gasteiger partial charge in [-0.2, -0.15) is 0 Å². The van der Waals surface area contributed by atoms with Gasteiger partial charge in [0.25, 0.3) is 5.91 Å². The van der Waals surface area contributed by atoms with Gasteiger partial charge in [-0.25, -0.2) is 9.37 Å². The van der Waals surface area contributed by atoms with Crippen LogP contribution in [0.2, 0.25) is 5.02 Å². The number of nitrogens with zero attached hydrogens (tertiary/aromatic N) is 3. The van der Waals surface area contributed by atoms with Gasteiger partial charge in [0.2, 0.25) is 0 Å². The molecule has 1 saturated carbocycles. The largest absolute Gasteiger partial charge is 0.496 e. The highest BCUT2D eigenvalue weighted by Crippen LogP contribution is 2.45. The predicted octanol–water partition coefficient (Wildman–Crippen LogP) is 6.05. The third kappa shape index (κ3) is 6.78. The average Bonchev–Trinajstić information content (AvgIpc) is 3.74. The van der Waals surface area contributed by atoms with Gasteiger partial charge in [0.15, 0.2) is 11.6 Å². The molecule has 2 atom stereocenters. The van der Waals surface area contributed by atoms with Crippen LogP contribution in [0.1, 0.15) is 76.6 Å². The van der Waals surface area contributed by atoms with Crippen LogP contribution in [0.25, 0.3) is 11.1 Å². The Hall–Kier alpha value is -4.49. The van der Waals surface area contributed by atoms with Crippen LogP contribution in [0.4, 0.5) is 10.1 Å². The van der Waals surface area contributed by atoms with Crippen LogP contribution in [0.3, 0.4) is 0 Å². The number of aliphatic hydroxyl groups excluding tert-OH is 1. The fourth-order valence-corrected chi connectivity index (χ4v) is 7.92. The summed E-state index contributed by atoms with van der Waals surface area (Å²) >= 11 is 6.58. The molecule has 280 valence electrons. The molecule has 7 rings (SSSR count). The van der Waals surface area contributed by atoms with E-state index in [-0.39, 0.29) is 59.3 Å². The summed E-state index contributed by atoms with van der Waals surface area (Å²) in [5.74, 6) is -0.538. The number of amides is 1. The summed E-state index contributed by atoms with van der Waals surface area (Å²) in [4.78, 5) is 32.7. The van der Waals surface area contributed by atoms with Gasteiger partial charge >= 0.3 is 5.97 Å². The summed E-state index contributed by atoms with van der Waals surface area (Å²) in [6.07, 6.45) is 2.98. The summed E-state index contributed by atoms with van der Waals surface area (Å²) in [6.45, 7) is 5.47. The van der Waals surface area contributed by atoms with Crippen molar-refractivity contribution in [3.05, 3.63) is 92.8 Å². The van der Waals surface area contributed by atoms with E-state index in [0.717, 1.165) is 58.6 Å². The van der Waals surface area contributed by atoms with Crippen molar-refractivity contribution in [2.75, 3.05) is 32.7 Å². The van der Waals surface area contributed by atoms with Crippen LogP contribution in [0.15, 0.2) is 42.5 Å². The molecular formula is C40H45ClFN5O6. The van der Waals surface area contributed by atoms with E-state index in [9.17, 15) is 14.7 Å². The average molecular weight is 746 g/mol. The van der Waals surface area contributed by atoms with E-state index in [0.29, 0.717) is 37.3 Å². The monoisotopic (exact) mass is 745 g/mol. The molecule has 2 aliphatic carbocycles. The number of esters is 1. The van der Waals surface area contributed by atoms with Gasteiger partial charge in [0, 0.05) is 62.2 Å². The van der Waals surface area contributed by atoms with E-state index in [1.54, 1.807) is 6.07 Å². The number of nitrogens with one attached hydrogen (secondary N) is 2. The SMILES string of the molecule is COC(=O)C1(NCc2c(OC)cc(OC3CCc4c(-c5cccc(NC(=O)c6nc7c(n6C)CCN(C(C)CO)C7)c5C)cccc43)c(Cl)c2F)CC1. The van der Waals surface area contributed by atoms with Gasteiger partial charge in [-0.3, -0.25) is 19.8 Å². The molecule has 13 heteroatoms. The van der Waals surface area contributed by atoms with E-state index in [1.165, 1.54) is 14.2 Å². The number of hydrogen-bond donors (Lipinski definition) is 3. The number of methoxy groups -OCH3 is 2. The summed E-state index contributed by atoms with van der Waals surface area (Å²) in [7, 11) is 4.67. The lowest BCUT2D eigenvalue weighted by Crippen LogP contribution is -2.39. The second-order valence-corrected chi connectivity index (χ2v) is 14.6. The van der Waals surface area contributed by atoms with Crippen LogP contribution in [0, 0.1) is 12.7 Å². The molecular weight excluding hydrogens is 701 g/mol. The molecule has 1 aromatic heterocycles. The standard InChI is InChI=1S/C40H45ClFN5O6/c1-22(21-48)47-17-14-31-30(20-47)44-37(46(31)3)38(49)45-29-11-7-8-24(23(29)2)25-9-6-10-27-26(25)12-13-32(27)53-34-18-33(51-4)28(36(42)35(34)41)19-43-40(15-16-40)39(50)52-5/h6-11,18,22,32,43,48H,12-17,19-21H2,1-5H3,(H,45,49). The number of imidazole rings is 1. The zero-order chi connectivity index (χ0) is 37.6. The van der Waals surface area contributed by atoms with Crippen molar-refractivity contribution in [3.8, 4) is 22.6 Å². The maximum absolute atomic E-state index is 15.8. The maximum atomic E-state index is 15.8. The summed E-state index contributed by atoms with van der Waals surface area (Å²) in [5.41, 5.74) is 7.01. The predicted molar refractivity (Wildman–Crippen MR) is 199 cm³/mol. The first kappa shape index (κ1) is 36.9. The molecule has 4 aromatic rings. The van der Waals surface area contributed by atoms with Crippen molar-refractivity contribution in [1.29, 1.82) is 0 Å². The van der Waals surface area contributed by atoms with Crippen molar-refractivity contribution in [2.45, 2.75) is 76.7 Å². The normalized spacial score (nSPS) is 17.8. The number of aliphatic hydroxyl groups is 1. The fourth-order valence-electron chi connectivity index (χ4n) is 7.71. The van der Waals surface area contributed by atoms with Gasteiger partial charge in [-0.1, -0.05) is 41.9 Å². The smallest absolute Gasteiger partial charge is 0.326 e. The summed E-state index contributed by atoms with van der Waals surface area (Å²) in [6, 6.07) is 13.6. The summed E-state index contributed by atoms with van der Waals surface area (Å²) < 4.78 is 34.5. The van der Waals surface area contributed by atoms with Crippen LogP contribution in [-0.4, -0.2) is 70.4 Å². The number of aromatic nitrogens is 2. The van der Waals surface area contributed by atoms with Crippen molar-refractivity contribution in [3.63, 3.8) is 0 Å². The van der Waals surface area contributed by atoms with Crippen LogP contribution in [0.5, 0.6) is 11.5 Å². The van der Waals surface area contributed by atoms with E-state index in [1.807, 2.05) is 55.8 Å². The third-order valence-electron chi connectivity index (χ3n) is 11.1. The zero-order valence-corrected chi connectivity index (χ0v) is 31.4. The second kappa shape index (κ2) is 14.7. The van der Waals surface area contributed by atoms with Crippen LogP contribution >= 0.6 is 11.6 Å². The Kier molecular flexibility index (Phi) is 10.2. The highest BCUT2D eigenvalue weighted by atomic mass is 35.5. The number of benzene rings is 3. The highest BCUT2D eigenvalue weighted by Gasteiger charge is 2.51. The van der Waals surface area contributed by atoms with Crippen molar-refractivity contribution >= 4 is 29.2 Å². The molecule has 3 aliphatic rings. The molecule has 0 spiro atoms. The van der Waals surface area contributed by atoms with Crippen LogP contribution in [-0.2, 0) is 42.5 Å². The molecule has 1 fully saturated rings. The molecule has 53 heavy (non-hydrogen) atoms. The van der Waals surface area contributed by atoms with Crippen molar-refractivity contribution < 1.29 is 33.3 Å². The third-order valence-corrected chi connectivity index (χ3v) is 11.5. The molecule has 1 aliphatic heterocycles. The van der Waals surface area contributed by atoms with Gasteiger partial charge in [-0.15, -0.1) is 0 Å². The topological polar surface area (TPSA) is 127 Å². The summed E-state index contributed by atoms with van der Waals surface area (Å²) in [5, 5.41) is 15.7. The Bertz CT molecular complexity index is 2080. The lowest BCUT2D eigenvalue weighted by molar-refractivity contribution is -0.144. The molecule has 0 bridgehead atoms. The Balaban J connectivity index is 1.10. The van der Waals surface area contributed by atoms with E-state index >= 15 is 4.39 Å². The molecule has 0 radical (unpaired) electrons. The number of carbonyl (C=O) groups is 2. The molecule has 3 N–H and O–H groups in total. The minimum atomic E-state index is -0.815. The molecule has 0 saturated heterocycles. The number of fused-ring (bicyclic) bond motifs is 2. The quantitative estimate of drug-likeness (QED) is 0.149. The second-order valence-electron chi connectivity index (χ2n) is 14.2. The zero-order valence-electron chi connectivity index (χ0n) is 30.6. The number of rotatable bonds is 12. The first-order valence-electron chi connectivity index (χ1n) is 18.0. The van der Waals surface area contributed by atoms with Crippen LogP contribution < -0.4 is 20.1 Å². The highest BCUT2D eigenvalue weighted by molar-refractivity contribution is 6.32. The minimum Gasteiger partial charge on any atom is -0.496 e. The first-order valence-corrected chi connectivity index (χ1v) is 18.4. The number of carbonyl (C=O) groups excluding carboxylic acids is 2. The van der Waals surface area contributed by atoms with E-state index < -0.39 is 11.4 Å². The lowest BCUT2D eigenvalue weighted by Gasteiger charge is -2.30. The Morgan fingerprint density at radius 2 is 1.89 bits per heavy atom. The molecule has 3 aromatic carbocycles. The molecule has 2 unspecified atom stereocenters. The number of hydrogen-bond acceptors (Lipinski definition) is 9. The number of anilines is 1. The Morgan fingerprint density at radius 3 is 2.60 bits per heavy atom. The van der Waals surface area contributed by atoms with Gasteiger partial charge in [-0.05, 0) is 73.4 Å². The minimum absolute atomic E-state index is 0.0222. The lowest BCUT2D eigenvalue weighted by atomic mass is 9.93. The maximum Gasteiger partial charge on any atom is 0.326 e. The van der Waals surface area contributed by atoms with Crippen molar-refractivity contribution in [1.82, 2.24) is 19.8 Å². The fraction of sp³-hybridized carbons (Fsp3) is 0.425. The van der Waals surface area contributed by atoms with E-state index in [2.05, 4.69) is 21.6 Å². The molecule has 1 amide bonds. The van der Waals surface area contributed by atoms with Gasteiger partial charge in [0.05, 0.1) is 26.5 Å². The van der Waals surface area contributed by atoms with Gasteiger partial charge < -0.3 is 29.2 Å². The molecule has 2 heterocycles. The Labute approximate surface area is 313 Å².